The Morgan fingerprint density at radius 2 is 1.84 bits per heavy atom. The smallest absolute Gasteiger partial charge is 0.258 e. The van der Waals surface area contributed by atoms with E-state index in [9.17, 15) is 13.6 Å². The van der Waals surface area contributed by atoms with Crippen molar-refractivity contribution in [2.24, 2.45) is 0 Å². The van der Waals surface area contributed by atoms with Crippen LogP contribution in [0.25, 0.3) is 0 Å². The van der Waals surface area contributed by atoms with Gasteiger partial charge in [-0.15, -0.1) is 0 Å². The summed E-state index contributed by atoms with van der Waals surface area (Å²) in [7, 11) is 0. The molecule has 19 heavy (non-hydrogen) atoms. The van der Waals surface area contributed by atoms with Gasteiger partial charge in [0, 0.05) is 10.2 Å². The molecule has 0 aliphatic heterocycles. The molecule has 0 aromatic heterocycles. The lowest BCUT2D eigenvalue weighted by Gasteiger charge is -2.07. The van der Waals surface area contributed by atoms with E-state index in [1.54, 1.807) is 6.07 Å². The number of hydrogen-bond donors (Lipinski definition) is 1. The molecule has 0 saturated heterocycles. The molecule has 0 unspecified atom stereocenters. The summed E-state index contributed by atoms with van der Waals surface area (Å²) in [5, 5.41) is 2.35. The molecule has 0 aliphatic rings. The molecule has 2 rings (SSSR count). The molecule has 1 amide bonds. The van der Waals surface area contributed by atoms with Crippen molar-refractivity contribution in [3.05, 3.63) is 63.1 Å². The van der Waals surface area contributed by atoms with Gasteiger partial charge in [0.25, 0.3) is 5.91 Å². The fraction of sp³-hybridized carbons (Fsp3) is 0. The van der Waals surface area contributed by atoms with Crippen LogP contribution in [0.15, 0.2) is 40.9 Å². The zero-order valence-corrected chi connectivity index (χ0v) is 11.7. The maximum atomic E-state index is 13.6. The van der Waals surface area contributed by atoms with Gasteiger partial charge in [-0.05, 0) is 36.4 Å². The standard InChI is InChI=1S/C13H7BrClF2NO/c14-7-1-3-9(11(16)5-7)13(19)18-8-2-4-10(15)12(17)6-8/h1-6H,(H,18,19). The zero-order chi connectivity index (χ0) is 14.0. The first-order valence-electron chi connectivity index (χ1n) is 5.19. The monoisotopic (exact) mass is 345 g/mol. The second-order valence-corrected chi connectivity index (χ2v) is 5.03. The number of hydrogen-bond acceptors (Lipinski definition) is 1. The molecule has 2 aromatic rings. The maximum Gasteiger partial charge on any atom is 0.258 e. The van der Waals surface area contributed by atoms with E-state index in [1.807, 2.05) is 0 Å². The molecule has 0 bridgehead atoms. The topological polar surface area (TPSA) is 29.1 Å². The lowest BCUT2D eigenvalue weighted by molar-refractivity contribution is 0.102. The Kier molecular flexibility index (Phi) is 4.17. The molecule has 1 N–H and O–H groups in total. The minimum absolute atomic E-state index is 0.0483. The van der Waals surface area contributed by atoms with Crippen molar-refractivity contribution in [1.82, 2.24) is 0 Å². The summed E-state index contributed by atoms with van der Waals surface area (Å²) in [5.74, 6) is -1.98. The lowest BCUT2D eigenvalue weighted by atomic mass is 10.2. The Morgan fingerprint density at radius 3 is 2.47 bits per heavy atom. The van der Waals surface area contributed by atoms with Crippen molar-refractivity contribution in [3.63, 3.8) is 0 Å². The van der Waals surface area contributed by atoms with Crippen LogP contribution in [-0.2, 0) is 0 Å². The number of carbonyl (C=O) groups excluding carboxylic acids is 1. The second kappa shape index (κ2) is 5.67. The fourth-order valence-corrected chi connectivity index (χ4v) is 1.90. The van der Waals surface area contributed by atoms with Crippen LogP contribution in [-0.4, -0.2) is 5.91 Å². The van der Waals surface area contributed by atoms with Crippen molar-refractivity contribution in [2.45, 2.75) is 0 Å². The predicted octanol–water partition coefficient (Wildman–Crippen LogP) is 4.63. The molecule has 0 fully saturated rings. The average Bonchev–Trinajstić information content (AvgIpc) is 2.33. The number of anilines is 1. The van der Waals surface area contributed by atoms with Crippen LogP contribution in [0.5, 0.6) is 0 Å². The molecule has 2 nitrogen and oxygen atoms in total. The van der Waals surface area contributed by atoms with Crippen molar-refractivity contribution >= 4 is 39.1 Å². The molecule has 6 heteroatoms. The third-order valence-electron chi connectivity index (χ3n) is 2.35. The highest BCUT2D eigenvalue weighted by Gasteiger charge is 2.12. The zero-order valence-electron chi connectivity index (χ0n) is 9.38. The van der Waals surface area contributed by atoms with Crippen molar-refractivity contribution in [1.29, 1.82) is 0 Å². The van der Waals surface area contributed by atoms with Gasteiger partial charge >= 0.3 is 0 Å². The summed E-state index contributed by atoms with van der Waals surface area (Å²) >= 11 is 8.62. The summed E-state index contributed by atoms with van der Waals surface area (Å²) in [6.07, 6.45) is 0. The van der Waals surface area contributed by atoms with E-state index in [0.717, 1.165) is 6.07 Å². The largest absolute Gasteiger partial charge is 0.322 e. The minimum Gasteiger partial charge on any atom is -0.322 e. The summed E-state index contributed by atoms with van der Waals surface area (Å²) < 4.78 is 27.3. The maximum absolute atomic E-state index is 13.6. The Hall–Kier alpha value is -1.46. The molecule has 0 atom stereocenters. The molecule has 0 radical (unpaired) electrons. The van der Waals surface area contributed by atoms with Crippen LogP contribution in [0, 0.1) is 11.6 Å². The normalized spacial score (nSPS) is 10.3. The highest BCUT2D eigenvalue weighted by atomic mass is 79.9. The number of nitrogens with one attached hydrogen (secondary N) is 1. The van der Waals surface area contributed by atoms with Crippen LogP contribution in [0.2, 0.25) is 5.02 Å². The number of carbonyl (C=O) groups is 1. The van der Waals surface area contributed by atoms with Crippen LogP contribution in [0.3, 0.4) is 0 Å². The third-order valence-corrected chi connectivity index (χ3v) is 3.15. The van der Waals surface area contributed by atoms with Crippen LogP contribution in [0.1, 0.15) is 10.4 Å². The van der Waals surface area contributed by atoms with Gasteiger partial charge in [-0.3, -0.25) is 4.79 Å². The van der Waals surface area contributed by atoms with E-state index < -0.39 is 17.5 Å². The van der Waals surface area contributed by atoms with Gasteiger partial charge in [-0.1, -0.05) is 27.5 Å². The van der Waals surface area contributed by atoms with E-state index in [1.165, 1.54) is 24.3 Å². The van der Waals surface area contributed by atoms with Gasteiger partial charge in [-0.2, -0.15) is 0 Å². The molecule has 0 aliphatic carbocycles. The minimum atomic E-state index is -0.665. The van der Waals surface area contributed by atoms with Gasteiger partial charge in [0.15, 0.2) is 0 Å². The number of benzene rings is 2. The number of rotatable bonds is 2. The molecule has 0 heterocycles. The van der Waals surface area contributed by atoms with Gasteiger partial charge in [0.05, 0.1) is 10.6 Å². The first-order valence-corrected chi connectivity index (χ1v) is 6.36. The molecule has 98 valence electrons. The quantitative estimate of drug-likeness (QED) is 0.844. The Morgan fingerprint density at radius 1 is 1.11 bits per heavy atom. The Bertz CT molecular complexity index is 649. The SMILES string of the molecule is O=C(Nc1ccc(Cl)c(F)c1)c1ccc(Br)cc1F. The van der Waals surface area contributed by atoms with Crippen molar-refractivity contribution < 1.29 is 13.6 Å². The molecular formula is C13H7BrClF2NO. The molecule has 0 saturated carbocycles. The van der Waals surface area contributed by atoms with Crippen molar-refractivity contribution in [3.8, 4) is 0 Å². The van der Waals surface area contributed by atoms with Gasteiger partial charge in [0.2, 0.25) is 0 Å². The summed E-state index contributed by atoms with van der Waals surface area (Å²) in [6, 6.07) is 7.86. The summed E-state index contributed by atoms with van der Waals surface area (Å²) in [6.45, 7) is 0. The van der Waals surface area contributed by atoms with Crippen LogP contribution < -0.4 is 5.32 Å². The first kappa shape index (κ1) is 14.0. The second-order valence-electron chi connectivity index (χ2n) is 3.71. The number of halogens is 4. The highest BCUT2D eigenvalue weighted by molar-refractivity contribution is 9.10. The van der Waals surface area contributed by atoms with Gasteiger partial charge in [0.1, 0.15) is 11.6 Å². The first-order chi connectivity index (χ1) is 8.97. The average molecular weight is 347 g/mol. The van der Waals surface area contributed by atoms with Crippen LogP contribution >= 0.6 is 27.5 Å². The molecule has 2 aromatic carbocycles. The van der Waals surface area contributed by atoms with E-state index in [-0.39, 0.29) is 16.3 Å². The summed E-state index contributed by atoms with van der Waals surface area (Å²) in [4.78, 5) is 11.8. The van der Waals surface area contributed by atoms with E-state index in [4.69, 9.17) is 11.6 Å². The third kappa shape index (κ3) is 3.30. The fourth-order valence-electron chi connectivity index (χ4n) is 1.45. The van der Waals surface area contributed by atoms with E-state index >= 15 is 0 Å². The molecule has 0 spiro atoms. The predicted molar refractivity (Wildman–Crippen MR) is 73.5 cm³/mol. The molecular weight excluding hydrogens is 340 g/mol. The van der Waals surface area contributed by atoms with Crippen LogP contribution in [0.4, 0.5) is 14.5 Å². The van der Waals surface area contributed by atoms with Gasteiger partial charge in [-0.25, -0.2) is 8.78 Å². The number of amides is 1. The van der Waals surface area contributed by atoms with Crippen molar-refractivity contribution in [2.75, 3.05) is 5.32 Å². The van der Waals surface area contributed by atoms with E-state index in [0.29, 0.717) is 4.47 Å². The summed E-state index contributed by atoms with van der Waals surface area (Å²) in [5.41, 5.74) is 0.0766. The van der Waals surface area contributed by atoms with Gasteiger partial charge < -0.3 is 5.32 Å². The van der Waals surface area contributed by atoms with E-state index in [2.05, 4.69) is 21.2 Å². The Labute approximate surface area is 121 Å². The lowest BCUT2D eigenvalue weighted by Crippen LogP contribution is -2.13. The Balaban J connectivity index is 2.23. The highest BCUT2D eigenvalue weighted by Crippen LogP contribution is 2.20.